The molecule has 0 unspecified atom stereocenters. The van der Waals surface area contributed by atoms with Crippen molar-refractivity contribution in [2.45, 2.75) is 26.4 Å². The molecule has 0 saturated heterocycles. The summed E-state index contributed by atoms with van der Waals surface area (Å²) in [7, 11) is 0. The van der Waals surface area contributed by atoms with Gasteiger partial charge in [0.2, 0.25) is 0 Å². The first-order chi connectivity index (χ1) is 9.99. The van der Waals surface area contributed by atoms with Gasteiger partial charge in [0.1, 0.15) is 0 Å². The zero-order valence-electron chi connectivity index (χ0n) is 11.9. The van der Waals surface area contributed by atoms with Crippen LogP contribution in [0.5, 0.6) is 0 Å². The summed E-state index contributed by atoms with van der Waals surface area (Å²) in [5, 5.41) is 0.871. The first-order valence-electron chi connectivity index (χ1n) is 6.91. The monoisotopic (exact) mass is 322 g/mol. The fourth-order valence-corrected chi connectivity index (χ4v) is 3.19. The lowest BCUT2D eigenvalue weighted by atomic mass is 10.1. The van der Waals surface area contributed by atoms with Gasteiger partial charge in [0, 0.05) is 30.0 Å². The molecule has 0 aliphatic carbocycles. The number of halogens is 2. The summed E-state index contributed by atoms with van der Waals surface area (Å²) in [6, 6.07) is 9.26. The predicted molar refractivity (Wildman–Crippen MR) is 85.1 cm³/mol. The second-order valence-corrected chi connectivity index (χ2v) is 6.17. The molecule has 0 N–H and O–H groups in total. The van der Waals surface area contributed by atoms with Crippen molar-refractivity contribution in [3.63, 3.8) is 0 Å². The summed E-state index contributed by atoms with van der Waals surface area (Å²) in [4.78, 5) is 14.6. The van der Waals surface area contributed by atoms with Crippen LogP contribution < -0.4 is 0 Å². The third-order valence-electron chi connectivity index (χ3n) is 4.12. The van der Waals surface area contributed by atoms with Crippen molar-refractivity contribution in [2.75, 3.05) is 6.54 Å². The molecule has 3 rings (SSSR count). The summed E-state index contributed by atoms with van der Waals surface area (Å²) >= 11 is 11.9. The predicted octanol–water partition coefficient (Wildman–Crippen LogP) is 4.32. The van der Waals surface area contributed by atoms with Gasteiger partial charge in [0.15, 0.2) is 0 Å². The Balaban J connectivity index is 1.91. The number of hydrogen-bond donors (Lipinski definition) is 0. The number of hydrogen-bond acceptors (Lipinski definition) is 1. The van der Waals surface area contributed by atoms with Crippen LogP contribution >= 0.6 is 23.2 Å². The summed E-state index contributed by atoms with van der Waals surface area (Å²) in [5.41, 5.74) is 2.98. The molecular formula is C16H16Cl2N2O. The second kappa shape index (κ2) is 5.39. The van der Waals surface area contributed by atoms with Crippen molar-refractivity contribution in [1.29, 1.82) is 0 Å². The van der Waals surface area contributed by atoms with Crippen LogP contribution in [0.25, 0.3) is 0 Å². The zero-order chi connectivity index (χ0) is 15.1. The van der Waals surface area contributed by atoms with Crippen LogP contribution in [-0.4, -0.2) is 21.9 Å². The van der Waals surface area contributed by atoms with Gasteiger partial charge < -0.3 is 9.47 Å². The van der Waals surface area contributed by atoms with Crippen LogP contribution in [0.1, 0.15) is 34.7 Å². The number of amides is 1. The molecular weight excluding hydrogens is 307 g/mol. The van der Waals surface area contributed by atoms with Crippen LogP contribution in [0.4, 0.5) is 0 Å². The number of benzene rings is 1. The molecule has 0 radical (unpaired) electrons. The minimum absolute atomic E-state index is 0.00818. The zero-order valence-corrected chi connectivity index (χ0v) is 13.4. The molecule has 2 heterocycles. The number of fused-ring (bicyclic) bond motifs is 1. The minimum Gasteiger partial charge on any atom is -0.345 e. The van der Waals surface area contributed by atoms with E-state index in [0.29, 0.717) is 22.2 Å². The molecule has 5 heteroatoms. The standard InChI is InChI=1S/C16H16Cl2N2O/c1-10-3-6-15-11(2)20(8-7-19(10)15)16(21)12-4-5-13(17)14(18)9-12/h3-6,9,11H,7-8H2,1-2H3/t11-/m0/s1. The summed E-state index contributed by atoms with van der Waals surface area (Å²) < 4.78 is 2.27. The Morgan fingerprint density at radius 1 is 1.14 bits per heavy atom. The molecule has 0 bridgehead atoms. The minimum atomic E-state index is -0.00818. The molecule has 0 saturated carbocycles. The average Bonchev–Trinajstić information content (AvgIpc) is 2.84. The third kappa shape index (κ3) is 2.45. The lowest BCUT2D eigenvalue weighted by molar-refractivity contribution is 0.0643. The van der Waals surface area contributed by atoms with E-state index in [-0.39, 0.29) is 11.9 Å². The van der Waals surface area contributed by atoms with Gasteiger partial charge in [-0.2, -0.15) is 0 Å². The second-order valence-electron chi connectivity index (χ2n) is 5.35. The van der Waals surface area contributed by atoms with Gasteiger partial charge in [0.25, 0.3) is 5.91 Å². The number of nitrogens with zero attached hydrogens (tertiary/aromatic N) is 2. The third-order valence-corrected chi connectivity index (χ3v) is 4.86. The Morgan fingerprint density at radius 3 is 2.62 bits per heavy atom. The van der Waals surface area contributed by atoms with Crippen molar-refractivity contribution in [1.82, 2.24) is 9.47 Å². The van der Waals surface area contributed by atoms with Gasteiger partial charge in [-0.3, -0.25) is 4.79 Å². The van der Waals surface area contributed by atoms with E-state index in [1.807, 2.05) is 4.90 Å². The van der Waals surface area contributed by atoms with Gasteiger partial charge in [0.05, 0.1) is 16.1 Å². The molecule has 0 fully saturated rings. The van der Waals surface area contributed by atoms with E-state index in [9.17, 15) is 4.79 Å². The van der Waals surface area contributed by atoms with Gasteiger partial charge in [-0.25, -0.2) is 0 Å². The van der Waals surface area contributed by atoms with Crippen LogP contribution in [-0.2, 0) is 6.54 Å². The molecule has 1 aliphatic heterocycles. The Morgan fingerprint density at radius 2 is 1.90 bits per heavy atom. The lowest BCUT2D eigenvalue weighted by Crippen LogP contribution is -2.41. The molecule has 0 spiro atoms. The van der Waals surface area contributed by atoms with Crippen LogP contribution in [0.2, 0.25) is 10.0 Å². The fraction of sp³-hybridized carbons (Fsp3) is 0.312. The van der Waals surface area contributed by atoms with Crippen molar-refractivity contribution < 1.29 is 4.79 Å². The molecule has 1 aromatic heterocycles. The lowest BCUT2D eigenvalue weighted by Gasteiger charge is -2.35. The van der Waals surface area contributed by atoms with E-state index in [1.54, 1.807) is 18.2 Å². The highest BCUT2D eigenvalue weighted by atomic mass is 35.5. The van der Waals surface area contributed by atoms with Crippen molar-refractivity contribution >= 4 is 29.1 Å². The van der Waals surface area contributed by atoms with E-state index >= 15 is 0 Å². The maximum atomic E-state index is 12.7. The molecule has 1 aromatic carbocycles. The Kier molecular flexibility index (Phi) is 3.72. The van der Waals surface area contributed by atoms with E-state index in [0.717, 1.165) is 6.54 Å². The smallest absolute Gasteiger partial charge is 0.254 e. The summed E-state index contributed by atoms with van der Waals surface area (Å²) in [5.74, 6) is -0.00818. The Labute approximate surface area is 134 Å². The molecule has 2 aromatic rings. The van der Waals surface area contributed by atoms with Crippen molar-refractivity contribution in [3.8, 4) is 0 Å². The van der Waals surface area contributed by atoms with Gasteiger partial charge >= 0.3 is 0 Å². The van der Waals surface area contributed by atoms with E-state index in [2.05, 4.69) is 30.5 Å². The maximum absolute atomic E-state index is 12.7. The number of rotatable bonds is 1. The number of aryl methyl sites for hydroxylation is 1. The number of carbonyl (C=O) groups excluding carboxylic acids is 1. The highest BCUT2D eigenvalue weighted by Crippen LogP contribution is 2.30. The number of aromatic nitrogens is 1. The summed E-state index contributed by atoms with van der Waals surface area (Å²) in [6.45, 7) is 5.67. The van der Waals surface area contributed by atoms with E-state index < -0.39 is 0 Å². The normalized spacial score (nSPS) is 17.7. The van der Waals surface area contributed by atoms with Crippen LogP contribution in [0, 0.1) is 6.92 Å². The molecule has 3 nitrogen and oxygen atoms in total. The van der Waals surface area contributed by atoms with Gasteiger partial charge in [-0.05, 0) is 44.2 Å². The topological polar surface area (TPSA) is 25.2 Å². The first-order valence-corrected chi connectivity index (χ1v) is 7.66. The van der Waals surface area contributed by atoms with Gasteiger partial charge in [-0.1, -0.05) is 23.2 Å². The highest BCUT2D eigenvalue weighted by molar-refractivity contribution is 6.42. The molecule has 110 valence electrons. The first kappa shape index (κ1) is 14.5. The molecule has 1 atom stereocenters. The number of carbonyl (C=O) groups is 1. The highest BCUT2D eigenvalue weighted by Gasteiger charge is 2.29. The molecule has 1 amide bonds. The fourth-order valence-electron chi connectivity index (χ4n) is 2.89. The average molecular weight is 323 g/mol. The molecule has 1 aliphatic rings. The van der Waals surface area contributed by atoms with E-state index in [4.69, 9.17) is 23.2 Å². The SMILES string of the molecule is Cc1ccc2n1CCN(C(=O)c1ccc(Cl)c(Cl)c1)[C@H]2C. The van der Waals surface area contributed by atoms with Crippen LogP contribution in [0.15, 0.2) is 30.3 Å². The van der Waals surface area contributed by atoms with Crippen molar-refractivity contribution in [2.24, 2.45) is 0 Å². The molecule has 21 heavy (non-hydrogen) atoms. The van der Waals surface area contributed by atoms with Crippen molar-refractivity contribution in [3.05, 3.63) is 57.3 Å². The Bertz CT molecular complexity index is 708. The summed E-state index contributed by atoms with van der Waals surface area (Å²) in [6.07, 6.45) is 0. The van der Waals surface area contributed by atoms with Crippen LogP contribution in [0.3, 0.4) is 0 Å². The maximum Gasteiger partial charge on any atom is 0.254 e. The van der Waals surface area contributed by atoms with E-state index in [1.165, 1.54) is 11.4 Å². The quantitative estimate of drug-likeness (QED) is 0.767. The Hall–Kier alpha value is -1.45. The van der Waals surface area contributed by atoms with Gasteiger partial charge in [-0.15, -0.1) is 0 Å². The largest absolute Gasteiger partial charge is 0.345 e.